The molecule has 1 amide bonds. The summed E-state index contributed by atoms with van der Waals surface area (Å²) in [7, 11) is 0. The lowest BCUT2D eigenvalue weighted by atomic mass is 10.1. The maximum Gasteiger partial charge on any atom is 0.410 e. The number of ether oxygens (including phenoxy) is 1. The van der Waals surface area contributed by atoms with Crippen LogP contribution in [0.5, 0.6) is 0 Å². The fourth-order valence-corrected chi connectivity index (χ4v) is 1.50. The van der Waals surface area contributed by atoms with Crippen LogP contribution in [0, 0.1) is 0 Å². The molecule has 94 valence electrons. The molecule has 6 nitrogen and oxygen atoms in total. The topological polar surface area (TPSA) is 87.8 Å². The Morgan fingerprint density at radius 2 is 2.38 bits per heavy atom. The Morgan fingerprint density at radius 1 is 1.69 bits per heavy atom. The van der Waals surface area contributed by atoms with Gasteiger partial charge in [0.25, 0.3) is 0 Å². The minimum Gasteiger partial charge on any atom is -0.442 e. The SMILES string of the molecule is CC(C)(CN)OC(=O)N1CCNCC1CO. The van der Waals surface area contributed by atoms with E-state index in [4.69, 9.17) is 15.6 Å². The van der Waals surface area contributed by atoms with Gasteiger partial charge in [0, 0.05) is 26.2 Å². The van der Waals surface area contributed by atoms with Crippen molar-refractivity contribution in [3.05, 3.63) is 0 Å². The number of carbonyl (C=O) groups is 1. The first-order chi connectivity index (χ1) is 7.50. The number of hydrogen-bond acceptors (Lipinski definition) is 5. The molecule has 1 heterocycles. The zero-order valence-corrected chi connectivity index (χ0v) is 9.90. The Bertz CT molecular complexity index is 245. The molecule has 4 N–H and O–H groups in total. The second-order valence-electron chi connectivity index (χ2n) is 4.57. The van der Waals surface area contributed by atoms with E-state index in [-0.39, 0.29) is 19.2 Å². The van der Waals surface area contributed by atoms with Crippen molar-refractivity contribution in [2.24, 2.45) is 5.73 Å². The third kappa shape index (κ3) is 3.33. The third-order valence-corrected chi connectivity index (χ3v) is 2.65. The van der Waals surface area contributed by atoms with Gasteiger partial charge in [0.1, 0.15) is 5.60 Å². The molecule has 0 saturated carbocycles. The van der Waals surface area contributed by atoms with Gasteiger partial charge in [-0.15, -0.1) is 0 Å². The van der Waals surface area contributed by atoms with Gasteiger partial charge in [0.15, 0.2) is 0 Å². The maximum absolute atomic E-state index is 11.9. The average molecular weight is 231 g/mol. The Morgan fingerprint density at radius 3 is 2.94 bits per heavy atom. The molecule has 0 aromatic rings. The summed E-state index contributed by atoms with van der Waals surface area (Å²) in [4.78, 5) is 13.4. The fraction of sp³-hybridized carbons (Fsp3) is 0.900. The predicted octanol–water partition coefficient (Wildman–Crippen LogP) is -0.874. The molecule has 0 radical (unpaired) electrons. The number of piperazine rings is 1. The zero-order valence-electron chi connectivity index (χ0n) is 9.90. The fourth-order valence-electron chi connectivity index (χ4n) is 1.50. The molecule has 1 fully saturated rings. The highest BCUT2D eigenvalue weighted by Crippen LogP contribution is 2.12. The molecule has 1 aliphatic rings. The van der Waals surface area contributed by atoms with Crippen LogP contribution in [0.1, 0.15) is 13.8 Å². The minimum absolute atomic E-state index is 0.0643. The minimum atomic E-state index is -0.665. The zero-order chi connectivity index (χ0) is 12.2. The van der Waals surface area contributed by atoms with E-state index in [1.165, 1.54) is 0 Å². The van der Waals surface area contributed by atoms with Gasteiger partial charge >= 0.3 is 6.09 Å². The van der Waals surface area contributed by atoms with Crippen LogP contribution in [-0.4, -0.2) is 60.5 Å². The number of carbonyl (C=O) groups excluding carboxylic acids is 1. The van der Waals surface area contributed by atoms with Crippen molar-refractivity contribution in [1.82, 2.24) is 10.2 Å². The number of nitrogens with one attached hydrogen (secondary N) is 1. The second kappa shape index (κ2) is 5.47. The summed E-state index contributed by atoms with van der Waals surface area (Å²) in [5.41, 5.74) is 4.83. The van der Waals surface area contributed by atoms with Crippen LogP contribution in [0.2, 0.25) is 0 Å². The van der Waals surface area contributed by atoms with Crippen LogP contribution in [0.25, 0.3) is 0 Å². The number of rotatable bonds is 3. The van der Waals surface area contributed by atoms with Crippen molar-refractivity contribution < 1.29 is 14.6 Å². The molecular formula is C10H21N3O3. The Hall–Kier alpha value is -0.850. The van der Waals surface area contributed by atoms with Crippen LogP contribution in [0.15, 0.2) is 0 Å². The third-order valence-electron chi connectivity index (χ3n) is 2.65. The molecular weight excluding hydrogens is 210 g/mol. The van der Waals surface area contributed by atoms with E-state index < -0.39 is 11.7 Å². The summed E-state index contributed by atoms with van der Waals surface area (Å²) in [5.74, 6) is 0. The van der Waals surface area contributed by atoms with Crippen molar-refractivity contribution >= 4 is 6.09 Å². The largest absolute Gasteiger partial charge is 0.442 e. The van der Waals surface area contributed by atoms with Crippen molar-refractivity contribution in [3.63, 3.8) is 0 Å². The van der Waals surface area contributed by atoms with Crippen molar-refractivity contribution in [3.8, 4) is 0 Å². The average Bonchev–Trinajstić information content (AvgIpc) is 2.28. The van der Waals surface area contributed by atoms with E-state index in [2.05, 4.69) is 5.32 Å². The van der Waals surface area contributed by atoms with Gasteiger partial charge < -0.3 is 25.8 Å². The molecule has 0 spiro atoms. The first-order valence-corrected chi connectivity index (χ1v) is 5.51. The van der Waals surface area contributed by atoms with Crippen molar-refractivity contribution in [2.45, 2.75) is 25.5 Å². The molecule has 0 bridgehead atoms. The number of nitrogens with two attached hydrogens (primary N) is 1. The van der Waals surface area contributed by atoms with Crippen LogP contribution >= 0.6 is 0 Å². The lowest BCUT2D eigenvalue weighted by Gasteiger charge is -2.36. The summed E-state index contributed by atoms with van der Waals surface area (Å²) >= 11 is 0. The molecule has 1 unspecified atom stereocenters. The van der Waals surface area contributed by atoms with Gasteiger partial charge in [0.2, 0.25) is 0 Å². The smallest absolute Gasteiger partial charge is 0.410 e. The molecule has 0 aromatic heterocycles. The van der Waals surface area contributed by atoms with Crippen LogP contribution < -0.4 is 11.1 Å². The normalized spacial score (nSPS) is 22.0. The summed E-state index contributed by atoms with van der Waals surface area (Å²) in [5, 5.41) is 12.3. The van der Waals surface area contributed by atoms with E-state index >= 15 is 0 Å². The number of aliphatic hydroxyl groups excluding tert-OH is 1. The standard InChI is InChI=1S/C10H21N3O3/c1-10(2,7-11)16-9(15)13-4-3-12-5-8(13)6-14/h8,12,14H,3-7,11H2,1-2H3. The highest BCUT2D eigenvalue weighted by atomic mass is 16.6. The molecule has 1 aliphatic heterocycles. The monoisotopic (exact) mass is 231 g/mol. The lowest BCUT2D eigenvalue weighted by molar-refractivity contribution is 0.0000504. The molecule has 1 saturated heterocycles. The number of hydrogen-bond donors (Lipinski definition) is 3. The Kier molecular flexibility index (Phi) is 4.52. The van der Waals surface area contributed by atoms with E-state index in [0.29, 0.717) is 19.6 Å². The molecule has 1 atom stereocenters. The maximum atomic E-state index is 11.9. The Balaban J connectivity index is 2.57. The van der Waals surface area contributed by atoms with Gasteiger partial charge in [-0.05, 0) is 13.8 Å². The van der Waals surface area contributed by atoms with Crippen LogP contribution in [-0.2, 0) is 4.74 Å². The number of aliphatic hydroxyl groups is 1. The number of amides is 1. The molecule has 1 rings (SSSR count). The number of nitrogens with zero attached hydrogens (tertiary/aromatic N) is 1. The van der Waals surface area contributed by atoms with Gasteiger partial charge in [-0.1, -0.05) is 0 Å². The van der Waals surface area contributed by atoms with E-state index in [9.17, 15) is 4.79 Å². The van der Waals surface area contributed by atoms with Crippen molar-refractivity contribution in [1.29, 1.82) is 0 Å². The van der Waals surface area contributed by atoms with E-state index in [1.807, 2.05) is 0 Å². The summed E-state index contributed by atoms with van der Waals surface area (Å²) in [6.07, 6.45) is -0.406. The molecule has 0 aliphatic carbocycles. The van der Waals surface area contributed by atoms with Crippen LogP contribution in [0.3, 0.4) is 0 Å². The van der Waals surface area contributed by atoms with Crippen LogP contribution in [0.4, 0.5) is 4.79 Å². The van der Waals surface area contributed by atoms with Gasteiger partial charge in [-0.3, -0.25) is 0 Å². The lowest BCUT2D eigenvalue weighted by Crippen LogP contribution is -2.56. The highest BCUT2D eigenvalue weighted by molar-refractivity contribution is 5.68. The van der Waals surface area contributed by atoms with E-state index in [0.717, 1.165) is 0 Å². The van der Waals surface area contributed by atoms with Gasteiger partial charge in [-0.25, -0.2) is 4.79 Å². The first-order valence-electron chi connectivity index (χ1n) is 5.51. The Labute approximate surface area is 95.7 Å². The summed E-state index contributed by atoms with van der Waals surface area (Å²) in [6, 6.07) is -0.213. The first kappa shape index (κ1) is 13.2. The summed E-state index contributed by atoms with van der Waals surface area (Å²) < 4.78 is 5.28. The molecule has 0 aromatic carbocycles. The molecule has 16 heavy (non-hydrogen) atoms. The quantitative estimate of drug-likeness (QED) is 0.587. The van der Waals surface area contributed by atoms with Gasteiger partial charge in [0.05, 0.1) is 12.6 Å². The summed E-state index contributed by atoms with van der Waals surface area (Å²) in [6.45, 7) is 5.59. The second-order valence-corrected chi connectivity index (χ2v) is 4.57. The molecule has 6 heteroatoms. The van der Waals surface area contributed by atoms with Gasteiger partial charge in [-0.2, -0.15) is 0 Å². The van der Waals surface area contributed by atoms with Crippen molar-refractivity contribution in [2.75, 3.05) is 32.8 Å². The van der Waals surface area contributed by atoms with E-state index in [1.54, 1.807) is 18.7 Å². The highest BCUT2D eigenvalue weighted by Gasteiger charge is 2.30. The predicted molar refractivity (Wildman–Crippen MR) is 60.1 cm³/mol.